The highest BCUT2D eigenvalue weighted by Gasteiger charge is 2.16. The summed E-state index contributed by atoms with van der Waals surface area (Å²) in [5.74, 6) is 1.31. The zero-order chi connectivity index (χ0) is 19.5. The second-order valence-electron chi connectivity index (χ2n) is 6.26. The molecular weight excluding hydrogens is 344 g/mol. The number of hydrogen-bond donors (Lipinski definition) is 0. The van der Waals surface area contributed by atoms with Crippen LogP contribution in [0.15, 0.2) is 36.7 Å². The highest BCUT2D eigenvalue weighted by molar-refractivity contribution is 5.77. The molecule has 6 nitrogen and oxygen atoms in total. The molecule has 6 heteroatoms. The summed E-state index contributed by atoms with van der Waals surface area (Å²) in [5.41, 5.74) is 0.834. The molecule has 2 aromatic rings. The Balaban J connectivity index is 1.88. The van der Waals surface area contributed by atoms with Crippen molar-refractivity contribution >= 4 is 5.97 Å². The van der Waals surface area contributed by atoms with Crippen LogP contribution in [0, 0.1) is 0 Å². The molecular formula is C21H28N2O4. The van der Waals surface area contributed by atoms with Gasteiger partial charge < -0.3 is 14.2 Å². The van der Waals surface area contributed by atoms with Crippen molar-refractivity contribution in [3.05, 3.63) is 36.7 Å². The van der Waals surface area contributed by atoms with E-state index in [2.05, 4.69) is 16.9 Å². The van der Waals surface area contributed by atoms with Gasteiger partial charge in [-0.2, -0.15) is 0 Å². The Bertz CT molecular complexity index is 686. The lowest BCUT2D eigenvalue weighted by Crippen LogP contribution is -2.26. The number of nitrogens with zero attached hydrogens (tertiary/aromatic N) is 2. The number of aromatic nitrogens is 2. The van der Waals surface area contributed by atoms with Crippen LogP contribution in [-0.4, -0.2) is 35.3 Å². The molecule has 146 valence electrons. The second-order valence-corrected chi connectivity index (χ2v) is 6.26. The maximum absolute atomic E-state index is 12.1. The number of rotatable bonds is 11. The van der Waals surface area contributed by atoms with Crippen LogP contribution in [0.2, 0.25) is 0 Å². The molecule has 2 rings (SSSR count). The molecule has 0 amide bonds. The minimum Gasteiger partial charge on any atom is -0.490 e. The summed E-state index contributed by atoms with van der Waals surface area (Å²) in [4.78, 5) is 20.7. The Morgan fingerprint density at radius 1 is 0.963 bits per heavy atom. The second kappa shape index (κ2) is 11.3. The van der Waals surface area contributed by atoms with E-state index in [-0.39, 0.29) is 0 Å². The van der Waals surface area contributed by atoms with Crippen LogP contribution in [0.4, 0.5) is 0 Å². The van der Waals surface area contributed by atoms with Crippen molar-refractivity contribution in [3.63, 3.8) is 0 Å². The van der Waals surface area contributed by atoms with Crippen LogP contribution in [0.25, 0.3) is 11.4 Å². The van der Waals surface area contributed by atoms with Gasteiger partial charge in [-0.25, -0.2) is 14.8 Å². The van der Waals surface area contributed by atoms with Gasteiger partial charge in [0.05, 0.1) is 19.0 Å². The van der Waals surface area contributed by atoms with Crippen molar-refractivity contribution in [2.45, 2.75) is 52.6 Å². The van der Waals surface area contributed by atoms with Gasteiger partial charge in [-0.05, 0) is 44.0 Å². The van der Waals surface area contributed by atoms with Crippen LogP contribution >= 0.6 is 0 Å². The Labute approximate surface area is 160 Å². The van der Waals surface area contributed by atoms with Gasteiger partial charge in [0.15, 0.2) is 17.7 Å². The molecule has 1 aromatic heterocycles. The molecule has 0 aliphatic carbocycles. The lowest BCUT2D eigenvalue weighted by atomic mass is 10.2. The summed E-state index contributed by atoms with van der Waals surface area (Å²) in [7, 11) is 0. The van der Waals surface area contributed by atoms with Crippen LogP contribution in [0.1, 0.15) is 46.5 Å². The zero-order valence-corrected chi connectivity index (χ0v) is 16.3. The fourth-order valence-electron chi connectivity index (χ4n) is 2.31. The van der Waals surface area contributed by atoms with E-state index in [1.165, 1.54) is 0 Å². The van der Waals surface area contributed by atoms with Gasteiger partial charge in [-0.1, -0.05) is 26.7 Å². The number of ether oxygens (including phenoxy) is 3. The van der Waals surface area contributed by atoms with E-state index < -0.39 is 12.1 Å². The van der Waals surface area contributed by atoms with Gasteiger partial charge in [0.1, 0.15) is 5.75 Å². The monoisotopic (exact) mass is 372 g/mol. The molecule has 27 heavy (non-hydrogen) atoms. The molecule has 0 radical (unpaired) electrons. The summed E-state index contributed by atoms with van der Waals surface area (Å²) in [6.07, 6.45) is 6.83. The van der Waals surface area contributed by atoms with Crippen molar-refractivity contribution in [1.29, 1.82) is 0 Å². The Morgan fingerprint density at radius 3 is 2.30 bits per heavy atom. The van der Waals surface area contributed by atoms with Gasteiger partial charge >= 0.3 is 5.97 Å². The SMILES string of the molecule is CCCCCOC(C)C(=O)Oc1ccc(-c2ncc(OCCC)cn2)cc1. The first-order chi connectivity index (χ1) is 13.1. The first kappa shape index (κ1) is 20.8. The van der Waals surface area contributed by atoms with E-state index >= 15 is 0 Å². The Kier molecular flexibility index (Phi) is 8.71. The predicted octanol–water partition coefficient (Wildman–Crippen LogP) is 4.43. The molecule has 0 aliphatic heterocycles. The summed E-state index contributed by atoms with van der Waals surface area (Å²) in [6.45, 7) is 7.09. The van der Waals surface area contributed by atoms with E-state index in [0.29, 0.717) is 30.5 Å². The fraction of sp³-hybridized carbons (Fsp3) is 0.476. The van der Waals surface area contributed by atoms with Gasteiger partial charge in [-0.15, -0.1) is 0 Å². The summed E-state index contributed by atoms with van der Waals surface area (Å²) in [5, 5.41) is 0. The number of carbonyl (C=O) groups is 1. The quantitative estimate of drug-likeness (QED) is 0.330. The molecule has 0 saturated carbocycles. The van der Waals surface area contributed by atoms with E-state index in [1.54, 1.807) is 31.5 Å². The van der Waals surface area contributed by atoms with Crippen LogP contribution in [0.3, 0.4) is 0 Å². The number of unbranched alkanes of at least 4 members (excludes halogenated alkanes) is 2. The smallest absolute Gasteiger partial charge is 0.340 e. The molecule has 0 fully saturated rings. The van der Waals surface area contributed by atoms with Crippen LogP contribution in [0.5, 0.6) is 11.5 Å². The van der Waals surface area contributed by atoms with E-state index in [1.807, 2.05) is 19.1 Å². The highest BCUT2D eigenvalue weighted by Crippen LogP contribution is 2.21. The lowest BCUT2D eigenvalue weighted by Gasteiger charge is -2.12. The van der Waals surface area contributed by atoms with Crippen molar-refractivity contribution in [3.8, 4) is 22.9 Å². The third kappa shape index (κ3) is 6.98. The topological polar surface area (TPSA) is 70.5 Å². The average Bonchev–Trinajstić information content (AvgIpc) is 2.70. The van der Waals surface area contributed by atoms with E-state index in [9.17, 15) is 4.79 Å². The molecule has 0 saturated heterocycles. The predicted molar refractivity (Wildman–Crippen MR) is 104 cm³/mol. The minimum absolute atomic E-state index is 0.395. The van der Waals surface area contributed by atoms with E-state index in [4.69, 9.17) is 14.2 Å². The summed E-state index contributed by atoms with van der Waals surface area (Å²) in [6, 6.07) is 7.08. The van der Waals surface area contributed by atoms with Crippen molar-refractivity contribution < 1.29 is 19.0 Å². The first-order valence-corrected chi connectivity index (χ1v) is 9.52. The average molecular weight is 372 g/mol. The lowest BCUT2D eigenvalue weighted by molar-refractivity contribution is -0.146. The summed E-state index contributed by atoms with van der Waals surface area (Å²) < 4.78 is 16.3. The Morgan fingerprint density at radius 2 is 1.67 bits per heavy atom. The zero-order valence-electron chi connectivity index (χ0n) is 16.3. The number of carbonyl (C=O) groups excluding carboxylic acids is 1. The Hall–Kier alpha value is -2.47. The van der Waals surface area contributed by atoms with Crippen molar-refractivity contribution in [2.75, 3.05) is 13.2 Å². The maximum atomic E-state index is 12.1. The molecule has 1 aromatic carbocycles. The third-order valence-electron chi connectivity index (χ3n) is 3.88. The highest BCUT2D eigenvalue weighted by atomic mass is 16.6. The molecule has 0 bridgehead atoms. The van der Waals surface area contributed by atoms with Gasteiger partial charge in [0.2, 0.25) is 0 Å². The van der Waals surface area contributed by atoms with E-state index in [0.717, 1.165) is 31.2 Å². The summed E-state index contributed by atoms with van der Waals surface area (Å²) >= 11 is 0. The van der Waals surface area contributed by atoms with Gasteiger partial charge in [-0.3, -0.25) is 0 Å². The van der Waals surface area contributed by atoms with Gasteiger partial charge in [0, 0.05) is 12.2 Å². The fourth-order valence-corrected chi connectivity index (χ4v) is 2.31. The molecule has 1 atom stereocenters. The van der Waals surface area contributed by atoms with Crippen LogP contribution < -0.4 is 9.47 Å². The number of hydrogen-bond acceptors (Lipinski definition) is 6. The van der Waals surface area contributed by atoms with Crippen LogP contribution in [-0.2, 0) is 9.53 Å². The molecule has 0 N–H and O–H groups in total. The van der Waals surface area contributed by atoms with Crippen molar-refractivity contribution in [2.24, 2.45) is 0 Å². The maximum Gasteiger partial charge on any atom is 0.340 e. The normalized spacial score (nSPS) is 11.8. The molecule has 1 unspecified atom stereocenters. The molecule has 0 aliphatic rings. The minimum atomic E-state index is -0.583. The third-order valence-corrected chi connectivity index (χ3v) is 3.88. The molecule has 1 heterocycles. The van der Waals surface area contributed by atoms with Gasteiger partial charge in [0.25, 0.3) is 0 Å². The number of esters is 1. The van der Waals surface area contributed by atoms with Crippen molar-refractivity contribution in [1.82, 2.24) is 9.97 Å². The number of benzene rings is 1. The largest absolute Gasteiger partial charge is 0.490 e. The standard InChI is InChI=1S/C21H28N2O4/c1-4-6-7-13-25-16(3)21(24)27-18-10-8-17(9-11-18)20-22-14-19(15-23-20)26-12-5-2/h8-11,14-16H,4-7,12-13H2,1-3H3. The first-order valence-electron chi connectivity index (χ1n) is 9.52. The molecule has 0 spiro atoms.